The Morgan fingerprint density at radius 1 is 1.67 bits per heavy atom. The lowest BCUT2D eigenvalue weighted by Gasteiger charge is -2.24. The average Bonchev–Trinajstić information content (AvgIpc) is 2.03. The van der Waals surface area contributed by atoms with Crippen LogP contribution in [0.15, 0.2) is 0 Å². The summed E-state index contributed by atoms with van der Waals surface area (Å²) >= 11 is 0. The van der Waals surface area contributed by atoms with Crippen molar-refractivity contribution in [3.63, 3.8) is 0 Å². The molecule has 0 aromatic heterocycles. The molecule has 3 heteroatoms. The molecular formula is C9H15NO2. The maximum absolute atomic E-state index is 11.3. The molecule has 1 atom stereocenters. The standard InChI is InChI=1S/C9H15NO2/c1-5-12-8(11)9(3,4)7(2)6-10/h7H,5H2,1-4H3. The fourth-order valence-corrected chi connectivity index (χ4v) is 0.655. The summed E-state index contributed by atoms with van der Waals surface area (Å²) in [5.74, 6) is -0.629. The van der Waals surface area contributed by atoms with Gasteiger partial charge in [-0.05, 0) is 27.7 Å². The van der Waals surface area contributed by atoms with E-state index < -0.39 is 5.41 Å². The number of carbonyl (C=O) groups excluding carboxylic acids is 1. The van der Waals surface area contributed by atoms with Crippen LogP contribution in [0.5, 0.6) is 0 Å². The molecule has 0 aliphatic heterocycles. The Kier molecular flexibility index (Phi) is 3.75. The van der Waals surface area contributed by atoms with Crippen LogP contribution in [0.4, 0.5) is 0 Å². The largest absolute Gasteiger partial charge is 0.466 e. The Morgan fingerprint density at radius 3 is 2.50 bits per heavy atom. The molecular weight excluding hydrogens is 154 g/mol. The third-order valence-electron chi connectivity index (χ3n) is 2.08. The van der Waals surface area contributed by atoms with Crippen LogP contribution in [0, 0.1) is 22.7 Å². The smallest absolute Gasteiger partial charge is 0.312 e. The zero-order chi connectivity index (χ0) is 9.78. The van der Waals surface area contributed by atoms with Gasteiger partial charge in [0.15, 0.2) is 0 Å². The molecule has 12 heavy (non-hydrogen) atoms. The Morgan fingerprint density at radius 2 is 2.17 bits per heavy atom. The third kappa shape index (κ3) is 2.23. The van der Waals surface area contributed by atoms with Crippen molar-refractivity contribution in [2.45, 2.75) is 27.7 Å². The van der Waals surface area contributed by atoms with E-state index in [1.807, 2.05) is 6.07 Å². The van der Waals surface area contributed by atoms with Crippen molar-refractivity contribution >= 4 is 5.97 Å². The van der Waals surface area contributed by atoms with E-state index in [4.69, 9.17) is 10.00 Å². The van der Waals surface area contributed by atoms with Crippen molar-refractivity contribution in [2.24, 2.45) is 11.3 Å². The molecule has 3 nitrogen and oxygen atoms in total. The van der Waals surface area contributed by atoms with Crippen LogP contribution >= 0.6 is 0 Å². The van der Waals surface area contributed by atoms with Crippen molar-refractivity contribution in [1.29, 1.82) is 5.26 Å². The number of ether oxygens (including phenoxy) is 1. The van der Waals surface area contributed by atoms with E-state index in [2.05, 4.69) is 0 Å². The third-order valence-corrected chi connectivity index (χ3v) is 2.08. The van der Waals surface area contributed by atoms with Gasteiger partial charge in [-0.15, -0.1) is 0 Å². The van der Waals surface area contributed by atoms with Gasteiger partial charge in [0.05, 0.1) is 24.0 Å². The van der Waals surface area contributed by atoms with Crippen molar-refractivity contribution in [2.75, 3.05) is 6.61 Å². The molecule has 0 N–H and O–H groups in total. The van der Waals surface area contributed by atoms with Gasteiger partial charge in [-0.2, -0.15) is 5.26 Å². The summed E-state index contributed by atoms with van der Waals surface area (Å²) in [6.45, 7) is 7.28. The molecule has 0 aromatic carbocycles. The zero-order valence-corrected chi connectivity index (χ0v) is 8.05. The second kappa shape index (κ2) is 4.10. The quantitative estimate of drug-likeness (QED) is 0.604. The maximum Gasteiger partial charge on any atom is 0.312 e. The summed E-state index contributed by atoms with van der Waals surface area (Å²) in [6, 6.07) is 2.04. The van der Waals surface area contributed by atoms with Crippen molar-refractivity contribution in [3.8, 4) is 6.07 Å². The molecule has 0 aliphatic rings. The zero-order valence-electron chi connectivity index (χ0n) is 8.05. The highest BCUT2D eigenvalue weighted by Gasteiger charge is 2.35. The summed E-state index contributed by atoms with van der Waals surface area (Å²) in [5.41, 5.74) is -0.704. The van der Waals surface area contributed by atoms with Gasteiger partial charge >= 0.3 is 5.97 Å². The van der Waals surface area contributed by atoms with Crippen LogP contribution < -0.4 is 0 Å². The number of nitrogens with zero attached hydrogens (tertiary/aromatic N) is 1. The summed E-state index contributed by atoms with van der Waals surface area (Å²) in [7, 11) is 0. The highest BCUT2D eigenvalue weighted by atomic mass is 16.5. The van der Waals surface area contributed by atoms with Gasteiger partial charge in [0.25, 0.3) is 0 Å². The number of hydrogen-bond donors (Lipinski definition) is 0. The highest BCUT2D eigenvalue weighted by molar-refractivity contribution is 5.76. The number of rotatable bonds is 3. The number of nitriles is 1. The first-order valence-corrected chi connectivity index (χ1v) is 4.03. The molecule has 0 saturated carbocycles. The van der Waals surface area contributed by atoms with Gasteiger partial charge in [0, 0.05) is 0 Å². The number of hydrogen-bond acceptors (Lipinski definition) is 3. The van der Waals surface area contributed by atoms with E-state index in [0.717, 1.165) is 0 Å². The summed E-state index contributed by atoms with van der Waals surface area (Å²) in [4.78, 5) is 11.3. The Balaban J connectivity index is 4.40. The van der Waals surface area contributed by atoms with E-state index in [1.54, 1.807) is 27.7 Å². The van der Waals surface area contributed by atoms with E-state index >= 15 is 0 Å². The molecule has 1 unspecified atom stereocenters. The first kappa shape index (κ1) is 11.0. The van der Waals surface area contributed by atoms with Gasteiger partial charge in [-0.1, -0.05) is 0 Å². The summed E-state index contributed by atoms with van der Waals surface area (Å²) in [5, 5.41) is 8.63. The van der Waals surface area contributed by atoms with Gasteiger partial charge in [0.2, 0.25) is 0 Å². The SMILES string of the molecule is CCOC(=O)C(C)(C)C(C)C#N. The number of carbonyl (C=O) groups is 1. The lowest BCUT2D eigenvalue weighted by molar-refractivity contribution is -0.155. The highest BCUT2D eigenvalue weighted by Crippen LogP contribution is 2.27. The fourth-order valence-electron chi connectivity index (χ4n) is 0.655. The lowest BCUT2D eigenvalue weighted by atomic mass is 9.81. The molecule has 0 bridgehead atoms. The predicted molar refractivity (Wildman–Crippen MR) is 45.2 cm³/mol. The monoisotopic (exact) mass is 169 g/mol. The number of esters is 1. The molecule has 0 amide bonds. The molecule has 0 spiro atoms. The van der Waals surface area contributed by atoms with Crippen LogP contribution in [0.25, 0.3) is 0 Å². The molecule has 68 valence electrons. The van der Waals surface area contributed by atoms with Gasteiger partial charge < -0.3 is 4.74 Å². The maximum atomic E-state index is 11.3. The Bertz CT molecular complexity index is 203. The molecule has 0 aromatic rings. The second-order valence-electron chi connectivity index (χ2n) is 3.29. The van der Waals surface area contributed by atoms with Crippen LogP contribution in [-0.4, -0.2) is 12.6 Å². The topological polar surface area (TPSA) is 50.1 Å². The first-order chi connectivity index (χ1) is 5.46. The van der Waals surface area contributed by atoms with Gasteiger partial charge in [-0.25, -0.2) is 0 Å². The molecule has 0 rings (SSSR count). The molecule has 0 heterocycles. The Hall–Kier alpha value is -1.04. The van der Waals surface area contributed by atoms with Crippen molar-refractivity contribution in [3.05, 3.63) is 0 Å². The molecule has 0 saturated heterocycles. The average molecular weight is 169 g/mol. The van der Waals surface area contributed by atoms with E-state index in [1.165, 1.54) is 0 Å². The minimum Gasteiger partial charge on any atom is -0.466 e. The minimum absolute atomic E-state index is 0.306. The minimum atomic E-state index is -0.704. The fraction of sp³-hybridized carbons (Fsp3) is 0.778. The van der Waals surface area contributed by atoms with Crippen LogP contribution in [-0.2, 0) is 9.53 Å². The summed E-state index contributed by atoms with van der Waals surface area (Å²) in [6.07, 6.45) is 0. The Labute approximate surface area is 73.3 Å². The predicted octanol–water partition coefficient (Wildman–Crippen LogP) is 1.74. The second-order valence-corrected chi connectivity index (χ2v) is 3.29. The molecule has 0 aliphatic carbocycles. The van der Waals surface area contributed by atoms with Gasteiger partial charge in [0.1, 0.15) is 0 Å². The van der Waals surface area contributed by atoms with Crippen molar-refractivity contribution < 1.29 is 9.53 Å². The van der Waals surface area contributed by atoms with E-state index in [-0.39, 0.29) is 11.9 Å². The van der Waals surface area contributed by atoms with Crippen LogP contribution in [0.3, 0.4) is 0 Å². The van der Waals surface area contributed by atoms with E-state index in [0.29, 0.717) is 6.61 Å². The normalized spacial score (nSPS) is 13.2. The van der Waals surface area contributed by atoms with Gasteiger partial charge in [-0.3, -0.25) is 4.79 Å². The van der Waals surface area contributed by atoms with E-state index in [9.17, 15) is 4.79 Å². The van der Waals surface area contributed by atoms with Crippen LogP contribution in [0.1, 0.15) is 27.7 Å². The van der Waals surface area contributed by atoms with Crippen LogP contribution in [0.2, 0.25) is 0 Å². The molecule has 0 fully saturated rings. The van der Waals surface area contributed by atoms with Crippen molar-refractivity contribution in [1.82, 2.24) is 0 Å². The first-order valence-electron chi connectivity index (χ1n) is 4.03. The molecule has 0 radical (unpaired) electrons. The summed E-state index contributed by atoms with van der Waals surface area (Å²) < 4.78 is 4.84. The lowest BCUT2D eigenvalue weighted by Crippen LogP contribution is -2.32.